The SMILES string of the molecule is CCN(CC)c1ccc(C2c3c([nH][nH]c3=O)CC(C)(O)C2C(=O)OCc2ccccc2)cc1. The molecule has 0 aliphatic heterocycles. The molecular weight excluding hydrogens is 418 g/mol. The predicted molar refractivity (Wildman–Crippen MR) is 127 cm³/mol. The standard InChI is InChI=1S/C26H31N3O4/c1-4-29(5-2)19-13-11-18(12-14-19)21-22-20(27-28-24(22)30)15-26(3,32)23(21)25(31)33-16-17-9-7-6-8-10-17/h6-14,21,23,32H,4-5,15-16H2,1-3H3,(H2,27,28,30). The van der Waals surface area contributed by atoms with Crippen molar-refractivity contribution in [1.82, 2.24) is 10.2 Å². The highest BCUT2D eigenvalue weighted by Gasteiger charge is 2.51. The number of carbonyl (C=O) groups is 1. The van der Waals surface area contributed by atoms with Crippen molar-refractivity contribution >= 4 is 11.7 Å². The van der Waals surface area contributed by atoms with E-state index in [-0.39, 0.29) is 18.6 Å². The second-order valence-corrected chi connectivity index (χ2v) is 8.82. The van der Waals surface area contributed by atoms with Gasteiger partial charge in [-0.2, -0.15) is 0 Å². The normalized spacial score (nSPS) is 21.9. The highest BCUT2D eigenvalue weighted by Crippen LogP contribution is 2.44. The number of esters is 1. The van der Waals surface area contributed by atoms with E-state index in [2.05, 4.69) is 28.9 Å². The second kappa shape index (κ2) is 9.27. The molecule has 1 aliphatic carbocycles. The maximum atomic E-state index is 13.4. The van der Waals surface area contributed by atoms with Gasteiger partial charge in [0, 0.05) is 42.4 Å². The molecule has 7 nitrogen and oxygen atoms in total. The van der Waals surface area contributed by atoms with Crippen LogP contribution in [0.4, 0.5) is 5.69 Å². The second-order valence-electron chi connectivity index (χ2n) is 8.82. The van der Waals surface area contributed by atoms with Crippen LogP contribution >= 0.6 is 0 Å². The number of nitrogens with zero attached hydrogens (tertiary/aromatic N) is 1. The average molecular weight is 450 g/mol. The lowest BCUT2D eigenvalue weighted by Gasteiger charge is -2.40. The van der Waals surface area contributed by atoms with Gasteiger partial charge in [0.2, 0.25) is 0 Å². The minimum absolute atomic E-state index is 0.107. The molecule has 7 heteroatoms. The van der Waals surface area contributed by atoms with Crippen molar-refractivity contribution in [3.05, 3.63) is 87.3 Å². The summed E-state index contributed by atoms with van der Waals surface area (Å²) in [5.74, 6) is -2.08. The lowest BCUT2D eigenvalue weighted by molar-refractivity contribution is -0.161. The van der Waals surface area contributed by atoms with Crippen LogP contribution in [-0.2, 0) is 22.6 Å². The fraction of sp³-hybridized carbons (Fsp3) is 0.385. The zero-order chi connectivity index (χ0) is 23.6. The lowest BCUT2D eigenvalue weighted by Crippen LogP contribution is -2.50. The van der Waals surface area contributed by atoms with Gasteiger partial charge in [-0.3, -0.25) is 14.7 Å². The maximum absolute atomic E-state index is 13.4. The number of aromatic amines is 2. The van der Waals surface area contributed by atoms with Gasteiger partial charge in [0.05, 0.1) is 11.5 Å². The van der Waals surface area contributed by atoms with Crippen molar-refractivity contribution in [2.45, 2.75) is 45.3 Å². The first kappa shape index (κ1) is 22.9. The molecule has 0 saturated heterocycles. The Hall–Kier alpha value is -3.32. The number of benzene rings is 2. The van der Waals surface area contributed by atoms with Gasteiger partial charge in [-0.25, -0.2) is 0 Å². The average Bonchev–Trinajstić information content (AvgIpc) is 3.17. The number of rotatable bonds is 7. The Labute approximate surface area is 193 Å². The molecule has 0 radical (unpaired) electrons. The molecule has 4 rings (SSSR count). The summed E-state index contributed by atoms with van der Waals surface area (Å²) in [4.78, 5) is 28.3. The molecule has 1 aliphatic rings. The van der Waals surface area contributed by atoms with E-state index >= 15 is 0 Å². The van der Waals surface area contributed by atoms with Crippen LogP contribution in [0.1, 0.15) is 49.1 Å². The summed E-state index contributed by atoms with van der Waals surface area (Å²) in [6, 6.07) is 17.3. The van der Waals surface area contributed by atoms with E-state index in [1.54, 1.807) is 6.92 Å². The third-order valence-electron chi connectivity index (χ3n) is 6.60. The first-order chi connectivity index (χ1) is 15.9. The Morgan fingerprint density at radius 2 is 1.76 bits per heavy atom. The van der Waals surface area contributed by atoms with E-state index < -0.39 is 23.4 Å². The summed E-state index contributed by atoms with van der Waals surface area (Å²) in [5.41, 5.74) is 2.15. The molecule has 3 atom stereocenters. The summed E-state index contributed by atoms with van der Waals surface area (Å²) in [7, 11) is 0. The molecule has 0 saturated carbocycles. The van der Waals surface area contributed by atoms with Crippen LogP contribution in [0.2, 0.25) is 0 Å². The number of carbonyl (C=O) groups excluding carboxylic acids is 1. The van der Waals surface area contributed by atoms with E-state index in [1.807, 2.05) is 54.6 Å². The van der Waals surface area contributed by atoms with Crippen molar-refractivity contribution in [2.24, 2.45) is 5.92 Å². The summed E-state index contributed by atoms with van der Waals surface area (Å²) in [6.45, 7) is 7.69. The molecule has 33 heavy (non-hydrogen) atoms. The van der Waals surface area contributed by atoms with Gasteiger partial charge in [0.15, 0.2) is 0 Å². The first-order valence-electron chi connectivity index (χ1n) is 11.4. The zero-order valence-corrected chi connectivity index (χ0v) is 19.3. The summed E-state index contributed by atoms with van der Waals surface area (Å²) < 4.78 is 5.65. The molecule has 1 aromatic heterocycles. The number of ether oxygens (including phenoxy) is 1. The number of anilines is 1. The van der Waals surface area contributed by atoms with E-state index in [9.17, 15) is 14.7 Å². The lowest BCUT2D eigenvalue weighted by atomic mass is 9.66. The van der Waals surface area contributed by atoms with E-state index in [0.29, 0.717) is 11.3 Å². The van der Waals surface area contributed by atoms with Gasteiger partial charge in [0.25, 0.3) is 5.56 Å². The third-order valence-corrected chi connectivity index (χ3v) is 6.60. The van der Waals surface area contributed by atoms with Crippen LogP contribution in [-0.4, -0.2) is 40.0 Å². The Morgan fingerprint density at radius 3 is 2.39 bits per heavy atom. The van der Waals surface area contributed by atoms with Crippen molar-refractivity contribution in [2.75, 3.05) is 18.0 Å². The Morgan fingerprint density at radius 1 is 1.09 bits per heavy atom. The summed E-state index contributed by atoms with van der Waals surface area (Å²) >= 11 is 0. The number of H-pyrrole nitrogens is 2. The molecule has 3 N–H and O–H groups in total. The molecule has 0 amide bonds. The summed E-state index contributed by atoms with van der Waals surface area (Å²) in [6.07, 6.45) is 0.153. The van der Waals surface area contributed by atoms with E-state index in [0.717, 1.165) is 29.9 Å². The molecule has 0 bridgehead atoms. The number of hydrogen-bond donors (Lipinski definition) is 3. The van der Waals surface area contributed by atoms with Crippen molar-refractivity contribution in [3.63, 3.8) is 0 Å². The predicted octanol–water partition coefficient (Wildman–Crippen LogP) is 3.35. The smallest absolute Gasteiger partial charge is 0.313 e. The minimum Gasteiger partial charge on any atom is -0.460 e. The van der Waals surface area contributed by atoms with E-state index in [1.165, 1.54) is 0 Å². The maximum Gasteiger partial charge on any atom is 0.313 e. The molecule has 0 spiro atoms. The number of hydrogen-bond acceptors (Lipinski definition) is 5. The Bertz CT molecular complexity index is 1140. The van der Waals surface area contributed by atoms with Crippen LogP contribution in [0.25, 0.3) is 0 Å². The van der Waals surface area contributed by atoms with Gasteiger partial charge < -0.3 is 19.8 Å². The fourth-order valence-electron chi connectivity index (χ4n) is 4.91. The van der Waals surface area contributed by atoms with E-state index in [4.69, 9.17) is 4.74 Å². The van der Waals surface area contributed by atoms with Gasteiger partial charge in [0.1, 0.15) is 6.61 Å². The van der Waals surface area contributed by atoms with Crippen molar-refractivity contribution < 1.29 is 14.6 Å². The monoisotopic (exact) mass is 449 g/mol. The zero-order valence-electron chi connectivity index (χ0n) is 19.3. The van der Waals surface area contributed by atoms with Crippen LogP contribution in [0.15, 0.2) is 59.4 Å². The van der Waals surface area contributed by atoms with Gasteiger partial charge >= 0.3 is 5.97 Å². The highest BCUT2D eigenvalue weighted by atomic mass is 16.5. The van der Waals surface area contributed by atoms with Crippen molar-refractivity contribution in [1.29, 1.82) is 0 Å². The fourth-order valence-corrected chi connectivity index (χ4v) is 4.91. The van der Waals surface area contributed by atoms with Gasteiger partial charge in [-0.05, 0) is 44.0 Å². The number of fused-ring (bicyclic) bond motifs is 1. The van der Waals surface area contributed by atoms with Crippen LogP contribution in [0.5, 0.6) is 0 Å². The Balaban J connectivity index is 1.72. The summed E-state index contributed by atoms with van der Waals surface area (Å²) in [5, 5.41) is 16.9. The topological polar surface area (TPSA) is 98.4 Å². The van der Waals surface area contributed by atoms with Crippen LogP contribution < -0.4 is 10.5 Å². The Kier molecular flexibility index (Phi) is 6.42. The van der Waals surface area contributed by atoms with Gasteiger partial charge in [-0.15, -0.1) is 0 Å². The molecule has 1 heterocycles. The van der Waals surface area contributed by atoms with Crippen molar-refractivity contribution in [3.8, 4) is 0 Å². The van der Waals surface area contributed by atoms with Gasteiger partial charge in [-0.1, -0.05) is 42.5 Å². The molecule has 0 fully saturated rings. The largest absolute Gasteiger partial charge is 0.460 e. The van der Waals surface area contributed by atoms with Crippen LogP contribution in [0.3, 0.4) is 0 Å². The first-order valence-corrected chi connectivity index (χ1v) is 11.4. The number of nitrogens with one attached hydrogen (secondary N) is 2. The number of aliphatic hydroxyl groups is 1. The molecule has 2 aromatic carbocycles. The molecule has 3 aromatic rings. The molecule has 3 unspecified atom stereocenters. The molecule has 174 valence electrons. The highest BCUT2D eigenvalue weighted by molar-refractivity contribution is 5.77. The minimum atomic E-state index is -1.39. The number of aromatic nitrogens is 2. The quantitative estimate of drug-likeness (QED) is 0.481. The van der Waals surface area contributed by atoms with Crippen LogP contribution in [0, 0.1) is 5.92 Å². The molecular formula is C26H31N3O4. The third kappa shape index (κ3) is 4.46.